The normalized spacial score (nSPS) is 12.2. The second kappa shape index (κ2) is 5.46. The highest BCUT2D eigenvalue weighted by Gasteiger charge is 2.19. The van der Waals surface area contributed by atoms with Gasteiger partial charge in [0.05, 0.1) is 7.11 Å². The third-order valence-corrected chi connectivity index (χ3v) is 2.49. The lowest BCUT2D eigenvalue weighted by atomic mass is 10.2. The molecule has 0 saturated carbocycles. The molecular weight excluding hydrogens is 218 g/mol. The monoisotopic (exact) mass is 233 g/mol. The molecule has 0 atom stereocenters. The molecule has 1 heterocycles. The summed E-state index contributed by atoms with van der Waals surface area (Å²) in [4.78, 5) is 0. The largest absolute Gasteiger partial charge is 0.493 e. The molecule has 1 N–H and O–H groups in total. The highest BCUT2D eigenvalue weighted by Crippen LogP contribution is 2.41. The molecule has 0 radical (unpaired) electrons. The first kappa shape index (κ1) is 11.6. The first-order valence-electron chi connectivity index (χ1n) is 5.46. The van der Waals surface area contributed by atoms with Crippen LogP contribution in [0.4, 0.5) is 0 Å². The van der Waals surface area contributed by atoms with Crippen LogP contribution in [0.1, 0.15) is 12.0 Å². The third kappa shape index (κ3) is 2.63. The van der Waals surface area contributed by atoms with Crippen LogP contribution in [0.5, 0.6) is 17.2 Å². The molecule has 1 aromatic rings. The molecule has 17 heavy (non-hydrogen) atoms. The zero-order valence-electron chi connectivity index (χ0n) is 9.79. The van der Waals surface area contributed by atoms with Gasteiger partial charge in [-0.2, -0.15) is 0 Å². The maximum absolute atomic E-state index is 5.35. The van der Waals surface area contributed by atoms with Crippen molar-refractivity contribution in [1.82, 2.24) is 5.32 Å². The molecule has 2 rings (SSSR count). The van der Waals surface area contributed by atoms with Gasteiger partial charge in [0.25, 0.3) is 0 Å². The van der Waals surface area contributed by atoms with Gasteiger partial charge in [0, 0.05) is 19.5 Å². The van der Waals surface area contributed by atoms with Gasteiger partial charge in [-0.25, -0.2) is 0 Å². The molecule has 0 fully saturated rings. The molecule has 1 aliphatic heterocycles. The van der Waals surface area contributed by atoms with Crippen LogP contribution >= 0.6 is 0 Å². The van der Waals surface area contributed by atoms with Crippen LogP contribution < -0.4 is 19.5 Å². The van der Waals surface area contributed by atoms with Gasteiger partial charge >= 0.3 is 0 Å². The zero-order chi connectivity index (χ0) is 12.1. The third-order valence-electron chi connectivity index (χ3n) is 2.49. The summed E-state index contributed by atoms with van der Waals surface area (Å²) >= 11 is 0. The number of methoxy groups -OCH3 is 1. The predicted octanol–water partition coefficient (Wildman–Crippen LogP) is 1.54. The van der Waals surface area contributed by atoms with Crippen molar-refractivity contribution in [1.29, 1.82) is 0 Å². The van der Waals surface area contributed by atoms with Gasteiger partial charge in [-0.3, -0.25) is 0 Å². The van der Waals surface area contributed by atoms with Crippen molar-refractivity contribution in [3.05, 3.63) is 17.7 Å². The number of fused-ring (bicyclic) bond motifs is 1. The topological polar surface area (TPSA) is 39.7 Å². The van der Waals surface area contributed by atoms with Gasteiger partial charge in [0.2, 0.25) is 12.5 Å². The number of rotatable bonds is 5. The van der Waals surface area contributed by atoms with Crippen molar-refractivity contribution < 1.29 is 14.2 Å². The minimum atomic E-state index is 0.250. The number of hydrogen-bond acceptors (Lipinski definition) is 4. The molecule has 4 nitrogen and oxygen atoms in total. The van der Waals surface area contributed by atoms with Gasteiger partial charge in [-0.1, -0.05) is 0 Å². The van der Waals surface area contributed by atoms with Crippen LogP contribution in [0.25, 0.3) is 0 Å². The molecule has 90 valence electrons. The standard InChI is InChI=1S/C13H15NO3/c1-3-4-5-14-8-10-6-11(15-2)13-12(7-10)16-9-17-13/h1,6-7,14H,4-5,8-9H2,2H3. The number of benzene rings is 1. The molecule has 1 aromatic carbocycles. The Labute approximate surface area is 101 Å². The Morgan fingerprint density at radius 3 is 3.12 bits per heavy atom. The number of hydrogen-bond donors (Lipinski definition) is 1. The lowest BCUT2D eigenvalue weighted by Gasteiger charge is -2.08. The second-order valence-electron chi connectivity index (χ2n) is 3.66. The van der Waals surface area contributed by atoms with E-state index in [0.29, 0.717) is 11.5 Å². The van der Waals surface area contributed by atoms with E-state index >= 15 is 0 Å². The molecule has 0 amide bonds. The van der Waals surface area contributed by atoms with Gasteiger partial charge in [-0.15, -0.1) is 12.3 Å². The molecular formula is C13H15NO3. The number of terminal acetylenes is 1. The van der Waals surface area contributed by atoms with Crippen molar-refractivity contribution in [2.24, 2.45) is 0 Å². The summed E-state index contributed by atoms with van der Waals surface area (Å²) in [7, 11) is 1.62. The lowest BCUT2D eigenvalue weighted by molar-refractivity contribution is 0.171. The Bertz CT molecular complexity index is 437. The molecule has 0 saturated heterocycles. The van der Waals surface area contributed by atoms with Crippen molar-refractivity contribution >= 4 is 0 Å². The molecule has 0 unspecified atom stereocenters. The maximum atomic E-state index is 5.35. The SMILES string of the molecule is C#CCCNCc1cc(OC)c2c(c1)OCO2. The van der Waals surface area contributed by atoms with Crippen LogP contribution in [0.15, 0.2) is 12.1 Å². The van der Waals surface area contributed by atoms with Crippen LogP contribution in [0.2, 0.25) is 0 Å². The van der Waals surface area contributed by atoms with E-state index in [-0.39, 0.29) is 6.79 Å². The van der Waals surface area contributed by atoms with E-state index in [1.807, 2.05) is 12.1 Å². The quantitative estimate of drug-likeness (QED) is 0.618. The summed E-state index contributed by atoms with van der Waals surface area (Å²) in [5, 5.41) is 3.25. The number of nitrogens with one attached hydrogen (secondary N) is 1. The summed E-state index contributed by atoms with van der Waals surface area (Å²) < 4.78 is 15.9. The van der Waals surface area contributed by atoms with Gasteiger partial charge in [0.1, 0.15) is 0 Å². The lowest BCUT2D eigenvalue weighted by Crippen LogP contribution is -2.14. The fraction of sp³-hybridized carbons (Fsp3) is 0.385. The van der Waals surface area contributed by atoms with Crippen LogP contribution in [-0.2, 0) is 6.54 Å². The molecule has 1 aliphatic rings. The highest BCUT2D eigenvalue weighted by molar-refractivity contribution is 5.55. The van der Waals surface area contributed by atoms with E-state index in [4.69, 9.17) is 20.6 Å². The van der Waals surface area contributed by atoms with Crippen molar-refractivity contribution in [2.45, 2.75) is 13.0 Å². The summed E-state index contributed by atoms with van der Waals surface area (Å²) in [6.07, 6.45) is 5.90. The maximum Gasteiger partial charge on any atom is 0.231 e. The second-order valence-corrected chi connectivity index (χ2v) is 3.66. The molecule has 0 spiro atoms. The molecule has 0 aliphatic carbocycles. The zero-order valence-corrected chi connectivity index (χ0v) is 9.79. The summed E-state index contributed by atoms with van der Waals surface area (Å²) in [6, 6.07) is 3.89. The van der Waals surface area contributed by atoms with Crippen LogP contribution in [0.3, 0.4) is 0 Å². The van der Waals surface area contributed by atoms with E-state index in [2.05, 4.69) is 11.2 Å². The van der Waals surface area contributed by atoms with E-state index in [1.54, 1.807) is 7.11 Å². The summed E-state index contributed by atoms with van der Waals surface area (Å²) in [6.45, 7) is 1.78. The Kier molecular flexibility index (Phi) is 3.73. The Hall–Kier alpha value is -1.86. The molecule has 4 heteroatoms. The average Bonchev–Trinajstić information content (AvgIpc) is 2.81. The fourth-order valence-corrected chi connectivity index (χ4v) is 1.68. The van der Waals surface area contributed by atoms with E-state index in [1.165, 1.54) is 0 Å². The minimum absolute atomic E-state index is 0.250. The Morgan fingerprint density at radius 2 is 2.35 bits per heavy atom. The van der Waals surface area contributed by atoms with Gasteiger partial charge < -0.3 is 19.5 Å². The Balaban J connectivity index is 2.06. The summed E-state index contributed by atoms with van der Waals surface area (Å²) in [5.41, 5.74) is 1.09. The fourth-order valence-electron chi connectivity index (χ4n) is 1.68. The Morgan fingerprint density at radius 1 is 1.47 bits per heavy atom. The highest BCUT2D eigenvalue weighted by atomic mass is 16.7. The molecule has 0 aromatic heterocycles. The van der Waals surface area contributed by atoms with Crippen molar-refractivity contribution in [3.8, 4) is 29.6 Å². The van der Waals surface area contributed by atoms with E-state index in [0.717, 1.165) is 30.8 Å². The van der Waals surface area contributed by atoms with E-state index in [9.17, 15) is 0 Å². The van der Waals surface area contributed by atoms with Gasteiger partial charge in [0.15, 0.2) is 11.5 Å². The minimum Gasteiger partial charge on any atom is -0.493 e. The van der Waals surface area contributed by atoms with Crippen molar-refractivity contribution in [2.75, 3.05) is 20.4 Å². The van der Waals surface area contributed by atoms with Crippen LogP contribution in [0, 0.1) is 12.3 Å². The number of ether oxygens (including phenoxy) is 3. The average molecular weight is 233 g/mol. The van der Waals surface area contributed by atoms with Crippen molar-refractivity contribution in [3.63, 3.8) is 0 Å². The van der Waals surface area contributed by atoms with Gasteiger partial charge in [-0.05, 0) is 17.7 Å². The predicted molar refractivity (Wildman–Crippen MR) is 64.3 cm³/mol. The smallest absolute Gasteiger partial charge is 0.231 e. The first-order chi connectivity index (χ1) is 8.35. The first-order valence-corrected chi connectivity index (χ1v) is 5.46. The summed E-state index contributed by atoms with van der Waals surface area (Å²) in [5.74, 6) is 4.70. The molecule has 0 bridgehead atoms. The van der Waals surface area contributed by atoms with Crippen LogP contribution in [-0.4, -0.2) is 20.4 Å². The van der Waals surface area contributed by atoms with E-state index < -0.39 is 0 Å².